The van der Waals surface area contributed by atoms with Gasteiger partial charge in [0.05, 0.1) is 11.3 Å². The molecule has 1 aliphatic rings. The first-order valence-corrected chi connectivity index (χ1v) is 10.3. The molecule has 0 radical (unpaired) electrons. The fourth-order valence-corrected chi connectivity index (χ4v) is 4.27. The van der Waals surface area contributed by atoms with Crippen LogP contribution < -0.4 is 4.90 Å². The predicted molar refractivity (Wildman–Crippen MR) is 117 cm³/mol. The van der Waals surface area contributed by atoms with Crippen LogP contribution in [0, 0.1) is 18.3 Å². The second-order valence-corrected chi connectivity index (χ2v) is 8.44. The van der Waals surface area contributed by atoms with Crippen molar-refractivity contribution in [1.29, 1.82) is 5.26 Å². The molecule has 1 fully saturated rings. The van der Waals surface area contributed by atoms with Gasteiger partial charge in [0.15, 0.2) is 11.5 Å². The number of hydrogen-bond acceptors (Lipinski definition) is 5. The van der Waals surface area contributed by atoms with E-state index in [0.717, 1.165) is 47.5 Å². The zero-order valence-corrected chi connectivity index (χ0v) is 17.9. The number of fused-ring (bicyclic) bond motifs is 1. The lowest BCUT2D eigenvalue weighted by Crippen LogP contribution is -2.31. The van der Waals surface area contributed by atoms with E-state index in [0.29, 0.717) is 23.0 Å². The summed E-state index contributed by atoms with van der Waals surface area (Å²) in [5.41, 5.74) is 6.28. The van der Waals surface area contributed by atoms with Crippen LogP contribution in [0.1, 0.15) is 43.2 Å². The van der Waals surface area contributed by atoms with Crippen LogP contribution in [0.4, 0.5) is 5.69 Å². The van der Waals surface area contributed by atoms with Gasteiger partial charge in [-0.3, -0.25) is 0 Å². The van der Waals surface area contributed by atoms with Crippen molar-refractivity contribution in [2.45, 2.75) is 39.2 Å². The Morgan fingerprint density at radius 2 is 1.97 bits per heavy atom. The predicted octanol–water partition coefficient (Wildman–Crippen LogP) is 4.94. The van der Waals surface area contributed by atoms with Gasteiger partial charge in [-0.2, -0.15) is 5.26 Å². The van der Waals surface area contributed by atoms with Gasteiger partial charge in [-0.25, -0.2) is 4.98 Å². The molecule has 2 aromatic carbocycles. The van der Waals surface area contributed by atoms with Crippen LogP contribution in [0.3, 0.4) is 0 Å². The summed E-state index contributed by atoms with van der Waals surface area (Å²) in [7, 11) is 4.27. The zero-order chi connectivity index (χ0) is 20.7. The van der Waals surface area contributed by atoms with Crippen LogP contribution in [0.2, 0.25) is 0 Å². The summed E-state index contributed by atoms with van der Waals surface area (Å²) in [5.74, 6) is 0.848. The van der Waals surface area contributed by atoms with E-state index in [2.05, 4.69) is 55.9 Å². The quantitative estimate of drug-likeness (QED) is 0.634. The van der Waals surface area contributed by atoms with E-state index < -0.39 is 0 Å². The molecule has 2 heterocycles. The molecule has 0 aliphatic carbocycles. The van der Waals surface area contributed by atoms with E-state index in [9.17, 15) is 5.26 Å². The monoisotopic (exact) mass is 388 g/mol. The lowest BCUT2D eigenvalue weighted by Gasteiger charge is -2.25. The second kappa shape index (κ2) is 7.53. The number of anilines is 1. The van der Waals surface area contributed by atoms with Crippen molar-refractivity contribution in [3.05, 3.63) is 47.3 Å². The molecule has 29 heavy (non-hydrogen) atoms. The lowest BCUT2D eigenvalue weighted by atomic mass is 9.93. The van der Waals surface area contributed by atoms with Gasteiger partial charge in [0.1, 0.15) is 11.6 Å². The highest BCUT2D eigenvalue weighted by molar-refractivity contribution is 6.02. The van der Waals surface area contributed by atoms with Gasteiger partial charge in [0, 0.05) is 30.6 Å². The van der Waals surface area contributed by atoms with Crippen LogP contribution in [-0.2, 0) is 0 Å². The highest BCUT2D eigenvalue weighted by atomic mass is 16.3. The maximum absolute atomic E-state index is 9.95. The van der Waals surface area contributed by atoms with Crippen molar-refractivity contribution in [2.24, 2.45) is 0 Å². The number of hydrogen-bond donors (Lipinski definition) is 0. The molecular weight excluding hydrogens is 360 g/mol. The van der Waals surface area contributed by atoms with Gasteiger partial charge in [0.25, 0.3) is 0 Å². The zero-order valence-electron chi connectivity index (χ0n) is 17.9. The average molecular weight is 389 g/mol. The maximum Gasteiger partial charge on any atom is 0.198 e. The molecule has 0 saturated carbocycles. The third kappa shape index (κ3) is 3.28. The molecule has 4 rings (SSSR count). The minimum absolute atomic E-state index is 0.162. The summed E-state index contributed by atoms with van der Waals surface area (Å²) >= 11 is 0. The molecule has 1 atom stereocenters. The Morgan fingerprint density at radius 3 is 2.55 bits per heavy atom. The Morgan fingerprint density at radius 1 is 1.24 bits per heavy atom. The molecule has 1 aliphatic heterocycles. The van der Waals surface area contributed by atoms with Crippen molar-refractivity contribution in [1.82, 2.24) is 9.88 Å². The van der Waals surface area contributed by atoms with Crippen molar-refractivity contribution < 1.29 is 4.42 Å². The van der Waals surface area contributed by atoms with Crippen molar-refractivity contribution in [2.75, 3.05) is 32.1 Å². The second-order valence-electron chi connectivity index (χ2n) is 8.44. The molecule has 1 unspecified atom stereocenters. The highest BCUT2D eigenvalue weighted by Crippen LogP contribution is 2.44. The average Bonchev–Trinajstić information content (AvgIpc) is 3.35. The molecular formula is C24H28N4O. The number of nitrogens with zero attached hydrogens (tertiary/aromatic N) is 4. The number of benzene rings is 2. The van der Waals surface area contributed by atoms with Gasteiger partial charge in [-0.1, -0.05) is 44.2 Å². The largest absolute Gasteiger partial charge is 0.438 e. The van der Waals surface area contributed by atoms with E-state index in [1.165, 1.54) is 0 Å². The first-order chi connectivity index (χ1) is 13.9. The van der Waals surface area contributed by atoms with Gasteiger partial charge in [-0.05, 0) is 38.6 Å². The van der Waals surface area contributed by atoms with Gasteiger partial charge in [-0.15, -0.1) is 0 Å². The Bertz CT molecular complexity index is 1080. The van der Waals surface area contributed by atoms with Crippen molar-refractivity contribution in [3.63, 3.8) is 0 Å². The Kier molecular flexibility index (Phi) is 5.06. The fourth-order valence-electron chi connectivity index (χ4n) is 4.27. The Hall–Kier alpha value is -2.84. The van der Waals surface area contributed by atoms with Crippen LogP contribution in [0.25, 0.3) is 22.2 Å². The van der Waals surface area contributed by atoms with Crippen LogP contribution >= 0.6 is 0 Å². The first-order valence-electron chi connectivity index (χ1n) is 10.3. The summed E-state index contributed by atoms with van der Waals surface area (Å²) in [6.07, 6.45) is 1.10. The fraction of sp³-hybridized carbons (Fsp3) is 0.417. The smallest absolute Gasteiger partial charge is 0.198 e. The van der Waals surface area contributed by atoms with Gasteiger partial charge < -0.3 is 14.2 Å². The SMILES string of the molecule is Cc1c(-c2ccccc2)c(N2CCC(N(C)C)C2)c2oc(C(C)C)nc2c1C#N. The molecule has 0 spiro atoms. The summed E-state index contributed by atoms with van der Waals surface area (Å²) in [6, 6.07) is 13.2. The summed E-state index contributed by atoms with van der Waals surface area (Å²) in [4.78, 5) is 9.44. The normalized spacial score (nSPS) is 16.9. The molecule has 5 heteroatoms. The highest BCUT2D eigenvalue weighted by Gasteiger charge is 2.31. The van der Waals surface area contributed by atoms with Gasteiger partial charge in [0.2, 0.25) is 0 Å². The number of likely N-dealkylation sites (N-methyl/N-ethyl adjacent to an activating group) is 1. The first kappa shape index (κ1) is 19.5. The van der Waals surface area contributed by atoms with Crippen LogP contribution in [-0.4, -0.2) is 43.1 Å². The molecule has 5 nitrogen and oxygen atoms in total. The third-order valence-electron chi connectivity index (χ3n) is 5.96. The number of oxazole rings is 1. The molecule has 1 saturated heterocycles. The third-order valence-corrected chi connectivity index (χ3v) is 5.96. The topological polar surface area (TPSA) is 56.3 Å². The van der Waals surface area contributed by atoms with E-state index >= 15 is 0 Å². The van der Waals surface area contributed by atoms with E-state index in [1.54, 1.807) is 0 Å². The Balaban J connectivity index is 2.04. The summed E-state index contributed by atoms with van der Waals surface area (Å²) in [5, 5.41) is 9.95. The standard InChI is InChI=1S/C24H28N4O/c1-15(2)24-26-21-19(13-25)16(3)20(17-9-7-6-8-10-17)22(23(21)29-24)28-12-11-18(14-28)27(4)5/h6-10,15,18H,11-12,14H2,1-5H3. The van der Waals surface area contributed by atoms with E-state index in [4.69, 9.17) is 9.40 Å². The van der Waals surface area contributed by atoms with E-state index in [1.807, 2.05) is 25.1 Å². The minimum Gasteiger partial charge on any atom is -0.438 e. The Labute approximate surface area is 172 Å². The van der Waals surface area contributed by atoms with Crippen molar-refractivity contribution >= 4 is 16.8 Å². The van der Waals surface area contributed by atoms with Crippen molar-refractivity contribution in [3.8, 4) is 17.2 Å². The summed E-state index contributed by atoms with van der Waals surface area (Å²) in [6.45, 7) is 8.07. The molecule has 0 amide bonds. The van der Waals surface area contributed by atoms with Crippen LogP contribution in [0.5, 0.6) is 0 Å². The minimum atomic E-state index is 0.162. The maximum atomic E-state index is 9.95. The lowest BCUT2D eigenvalue weighted by molar-refractivity contribution is 0.315. The van der Waals surface area contributed by atoms with Crippen LogP contribution in [0.15, 0.2) is 34.7 Å². The molecule has 0 bridgehead atoms. The van der Waals surface area contributed by atoms with Gasteiger partial charge >= 0.3 is 0 Å². The molecule has 0 N–H and O–H groups in total. The summed E-state index contributed by atoms with van der Waals surface area (Å²) < 4.78 is 6.31. The number of rotatable bonds is 4. The molecule has 1 aromatic heterocycles. The van der Waals surface area contributed by atoms with E-state index in [-0.39, 0.29) is 5.92 Å². The molecule has 3 aromatic rings. The number of aromatic nitrogens is 1. The number of nitriles is 1. The molecule has 150 valence electrons.